The first-order chi connectivity index (χ1) is 16.3. The average Bonchev–Trinajstić information content (AvgIpc) is 3.27. The molecule has 1 aliphatic heterocycles. The van der Waals surface area contributed by atoms with E-state index in [1.807, 2.05) is 19.0 Å². The molecule has 2 heterocycles. The van der Waals surface area contributed by atoms with Gasteiger partial charge in [-0.2, -0.15) is 4.31 Å². The number of amides is 1. The number of hydrogen-bond acceptors (Lipinski definition) is 6. The van der Waals surface area contributed by atoms with E-state index in [-0.39, 0.29) is 28.7 Å². The number of hydrogen-bond donors (Lipinski definition) is 0. The van der Waals surface area contributed by atoms with E-state index in [1.165, 1.54) is 33.8 Å². The van der Waals surface area contributed by atoms with Crippen molar-refractivity contribution in [3.63, 3.8) is 0 Å². The highest BCUT2D eigenvalue weighted by atomic mass is 35.5. The van der Waals surface area contributed by atoms with Gasteiger partial charge in [-0.05, 0) is 76.3 Å². The zero-order valence-corrected chi connectivity index (χ0v) is 22.3. The first kappa shape index (κ1) is 27.5. The number of benzene rings is 2. The molecule has 0 spiro atoms. The number of rotatable bonds is 8. The van der Waals surface area contributed by atoms with E-state index in [0.717, 1.165) is 25.8 Å². The van der Waals surface area contributed by atoms with Crippen LogP contribution in [0.2, 0.25) is 0 Å². The summed E-state index contributed by atoms with van der Waals surface area (Å²) >= 11 is 1.27. The van der Waals surface area contributed by atoms with Crippen LogP contribution in [0.15, 0.2) is 47.4 Å². The number of anilines is 1. The minimum atomic E-state index is -3.57. The maximum atomic E-state index is 14.2. The minimum absolute atomic E-state index is 0. The maximum absolute atomic E-state index is 14.2. The lowest BCUT2D eigenvalue weighted by Crippen LogP contribution is -2.35. The van der Waals surface area contributed by atoms with Crippen LogP contribution in [0.5, 0.6) is 0 Å². The van der Waals surface area contributed by atoms with Gasteiger partial charge in [-0.25, -0.2) is 17.8 Å². The van der Waals surface area contributed by atoms with E-state index in [2.05, 4.69) is 4.98 Å². The Balaban J connectivity index is 0.00000342. The number of piperidine rings is 1. The number of halogens is 2. The highest BCUT2D eigenvalue weighted by molar-refractivity contribution is 7.89. The predicted molar refractivity (Wildman–Crippen MR) is 141 cm³/mol. The third-order valence-corrected chi connectivity index (χ3v) is 8.83. The molecule has 0 bridgehead atoms. The summed E-state index contributed by atoms with van der Waals surface area (Å²) in [6.07, 6.45) is 3.47. The van der Waals surface area contributed by atoms with Gasteiger partial charge in [0.2, 0.25) is 10.0 Å². The molecule has 11 heteroatoms. The lowest BCUT2D eigenvalue weighted by Gasteiger charge is -2.26. The first-order valence-electron chi connectivity index (χ1n) is 11.4. The molecule has 0 N–H and O–H groups in total. The van der Waals surface area contributed by atoms with Crippen molar-refractivity contribution in [2.75, 3.05) is 45.2 Å². The van der Waals surface area contributed by atoms with Crippen LogP contribution in [0, 0.1) is 5.82 Å². The van der Waals surface area contributed by atoms with Crippen molar-refractivity contribution in [2.45, 2.75) is 30.6 Å². The van der Waals surface area contributed by atoms with E-state index < -0.39 is 15.8 Å². The largest absolute Gasteiger partial charge is 0.309 e. The van der Waals surface area contributed by atoms with Crippen molar-refractivity contribution < 1.29 is 17.6 Å². The Morgan fingerprint density at radius 2 is 1.74 bits per heavy atom. The van der Waals surface area contributed by atoms with Gasteiger partial charge in [0.05, 0.1) is 9.60 Å². The fourth-order valence-electron chi connectivity index (χ4n) is 4.03. The topological polar surface area (TPSA) is 73.8 Å². The molecule has 0 unspecified atom stereocenters. The van der Waals surface area contributed by atoms with Gasteiger partial charge in [-0.15, -0.1) is 12.4 Å². The highest BCUT2D eigenvalue weighted by Gasteiger charge is 2.27. The van der Waals surface area contributed by atoms with Gasteiger partial charge < -0.3 is 4.90 Å². The summed E-state index contributed by atoms with van der Waals surface area (Å²) in [5, 5.41) is 0.425. The third kappa shape index (κ3) is 6.18. The van der Waals surface area contributed by atoms with Crippen LogP contribution in [0.25, 0.3) is 10.2 Å². The van der Waals surface area contributed by atoms with Crippen LogP contribution in [0.4, 0.5) is 9.52 Å². The molecule has 0 aliphatic carbocycles. The summed E-state index contributed by atoms with van der Waals surface area (Å²) in [6.45, 7) is 2.23. The molecule has 4 rings (SSSR count). The first-order valence-corrected chi connectivity index (χ1v) is 13.6. The second-order valence-electron chi connectivity index (χ2n) is 8.69. The van der Waals surface area contributed by atoms with Crippen molar-refractivity contribution in [1.82, 2.24) is 14.2 Å². The van der Waals surface area contributed by atoms with E-state index in [4.69, 9.17) is 0 Å². The van der Waals surface area contributed by atoms with Gasteiger partial charge in [-0.3, -0.25) is 9.69 Å². The highest BCUT2D eigenvalue weighted by Crippen LogP contribution is 2.31. The van der Waals surface area contributed by atoms with Crippen LogP contribution in [0.3, 0.4) is 0 Å². The van der Waals surface area contributed by atoms with E-state index in [1.54, 1.807) is 29.2 Å². The summed E-state index contributed by atoms with van der Waals surface area (Å²) in [5.41, 5.74) is 0.609. The number of carbonyl (C=O) groups is 1. The van der Waals surface area contributed by atoms with Gasteiger partial charge in [0.15, 0.2) is 5.13 Å². The zero-order valence-electron chi connectivity index (χ0n) is 19.8. The van der Waals surface area contributed by atoms with Crippen LogP contribution in [-0.4, -0.2) is 68.8 Å². The van der Waals surface area contributed by atoms with Gasteiger partial charge in [0.25, 0.3) is 5.91 Å². The average molecular weight is 541 g/mol. The smallest absolute Gasteiger partial charge is 0.260 e. The monoisotopic (exact) mass is 540 g/mol. The summed E-state index contributed by atoms with van der Waals surface area (Å²) in [7, 11) is 0.346. The van der Waals surface area contributed by atoms with Crippen molar-refractivity contribution in [2.24, 2.45) is 0 Å². The molecule has 1 saturated heterocycles. The van der Waals surface area contributed by atoms with E-state index >= 15 is 0 Å². The molecule has 1 aromatic heterocycles. The number of para-hydroxylation sites is 1. The summed E-state index contributed by atoms with van der Waals surface area (Å²) in [4.78, 5) is 21.7. The molecule has 0 atom stereocenters. The van der Waals surface area contributed by atoms with E-state index in [0.29, 0.717) is 41.5 Å². The van der Waals surface area contributed by atoms with Crippen LogP contribution in [0.1, 0.15) is 36.0 Å². The molecule has 1 fully saturated rings. The molecular weight excluding hydrogens is 511 g/mol. The molecule has 0 saturated carbocycles. The second-order valence-corrected chi connectivity index (χ2v) is 11.6. The second kappa shape index (κ2) is 11.7. The number of carbonyl (C=O) groups excluding carboxylic acids is 1. The van der Waals surface area contributed by atoms with Gasteiger partial charge in [-0.1, -0.05) is 23.8 Å². The third-order valence-electron chi connectivity index (χ3n) is 5.88. The predicted octanol–water partition coefficient (Wildman–Crippen LogP) is 4.63. The number of sulfonamides is 1. The summed E-state index contributed by atoms with van der Waals surface area (Å²) in [5.74, 6) is -0.715. The molecule has 2 aromatic carbocycles. The van der Waals surface area contributed by atoms with Crippen molar-refractivity contribution in [1.29, 1.82) is 0 Å². The molecule has 0 radical (unpaired) electrons. The molecular formula is C24H30ClFN4O3S2. The maximum Gasteiger partial charge on any atom is 0.260 e. The molecule has 35 heavy (non-hydrogen) atoms. The Morgan fingerprint density at radius 1 is 1.06 bits per heavy atom. The lowest BCUT2D eigenvalue weighted by atomic mass is 10.2. The Bertz CT molecular complexity index is 1260. The SMILES string of the molecule is CN(C)CCCN(C(=O)c1ccc(S(=O)(=O)N2CCCCC2)cc1)c1nc2c(F)cccc2s1.Cl. The Hall–Kier alpha value is -2.11. The quantitative estimate of drug-likeness (QED) is 0.416. The molecule has 190 valence electrons. The van der Waals surface area contributed by atoms with Gasteiger partial charge in [0, 0.05) is 25.2 Å². The summed E-state index contributed by atoms with van der Waals surface area (Å²) < 4.78 is 42.3. The van der Waals surface area contributed by atoms with Crippen molar-refractivity contribution >= 4 is 55.0 Å². The molecule has 1 aliphatic rings. The van der Waals surface area contributed by atoms with Gasteiger partial charge >= 0.3 is 0 Å². The molecule has 7 nitrogen and oxygen atoms in total. The fourth-order valence-corrected chi connectivity index (χ4v) is 6.55. The number of thiazole rings is 1. The number of fused-ring (bicyclic) bond motifs is 1. The van der Waals surface area contributed by atoms with Crippen LogP contribution in [-0.2, 0) is 10.0 Å². The lowest BCUT2D eigenvalue weighted by molar-refractivity contribution is 0.0986. The standard InChI is InChI=1S/C24H29FN4O3S2.ClH/c1-27(2)14-7-17-29(24-26-22-20(25)8-6-9-21(22)33-24)23(30)18-10-12-19(13-11-18)34(31,32)28-15-4-3-5-16-28;/h6,8-13H,3-5,7,14-17H2,1-2H3;1H. The molecule has 3 aromatic rings. The fraction of sp³-hybridized carbons (Fsp3) is 0.417. The van der Waals surface area contributed by atoms with Crippen molar-refractivity contribution in [3.8, 4) is 0 Å². The van der Waals surface area contributed by atoms with Crippen LogP contribution >= 0.6 is 23.7 Å². The Kier molecular flexibility index (Phi) is 9.22. The minimum Gasteiger partial charge on any atom is -0.309 e. The number of nitrogens with zero attached hydrogens (tertiary/aromatic N) is 4. The normalized spacial score (nSPS) is 14.7. The Morgan fingerprint density at radius 3 is 2.37 bits per heavy atom. The Labute approximate surface area is 216 Å². The zero-order chi connectivity index (χ0) is 24.3. The molecule has 1 amide bonds. The van der Waals surface area contributed by atoms with Crippen LogP contribution < -0.4 is 4.90 Å². The van der Waals surface area contributed by atoms with E-state index in [9.17, 15) is 17.6 Å². The number of aromatic nitrogens is 1. The summed E-state index contributed by atoms with van der Waals surface area (Å²) in [6, 6.07) is 10.8. The van der Waals surface area contributed by atoms with Gasteiger partial charge in [0.1, 0.15) is 11.3 Å². The van der Waals surface area contributed by atoms with Crippen molar-refractivity contribution in [3.05, 3.63) is 53.8 Å².